The zero-order chi connectivity index (χ0) is 14.8. The summed E-state index contributed by atoms with van der Waals surface area (Å²) in [5, 5.41) is 4.41. The minimum atomic E-state index is 0.117. The van der Waals surface area contributed by atoms with Crippen LogP contribution in [0.25, 0.3) is 0 Å². The van der Waals surface area contributed by atoms with Crippen LogP contribution < -0.4 is 5.32 Å². The lowest BCUT2D eigenvalue weighted by Gasteiger charge is -2.30. The maximum absolute atomic E-state index is 6.00. The van der Waals surface area contributed by atoms with Gasteiger partial charge in [0.1, 0.15) is 0 Å². The van der Waals surface area contributed by atoms with Gasteiger partial charge in [-0.25, -0.2) is 0 Å². The Morgan fingerprint density at radius 3 is 2.40 bits per heavy atom. The molecule has 0 aliphatic heterocycles. The Morgan fingerprint density at radius 1 is 1.30 bits per heavy atom. The molecular weight excluding hydrogens is 266 g/mol. The van der Waals surface area contributed by atoms with Gasteiger partial charge in [0.2, 0.25) is 0 Å². The predicted molar refractivity (Wildman–Crippen MR) is 88.4 cm³/mol. The predicted octanol–water partition coefficient (Wildman–Crippen LogP) is 5.03. The van der Waals surface area contributed by atoms with Crippen molar-refractivity contribution in [3.63, 3.8) is 0 Å². The molecule has 1 unspecified atom stereocenters. The normalized spacial score (nSPS) is 17.0. The Morgan fingerprint density at radius 2 is 1.90 bits per heavy atom. The highest BCUT2D eigenvalue weighted by molar-refractivity contribution is 6.30. The van der Waals surface area contributed by atoms with Crippen LogP contribution in [-0.4, -0.2) is 13.1 Å². The zero-order valence-corrected chi connectivity index (χ0v) is 13.6. The van der Waals surface area contributed by atoms with E-state index in [0.29, 0.717) is 5.92 Å². The van der Waals surface area contributed by atoms with Gasteiger partial charge in [-0.1, -0.05) is 56.7 Å². The van der Waals surface area contributed by atoms with Gasteiger partial charge in [0.05, 0.1) is 0 Å². The second-order valence-corrected chi connectivity index (χ2v) is 7.42. The van der Waals surface area contributed by atoms with E-state index in [9.17, 15) is 0 Å². The van der Waals surface area contributed by atoms with Gasteiger partial charge in [-0.15, -0.1) is 0 Å². The number of hydrogen-bond acceptors (Lipinski definition) is 1. The molecule has 0 saturated heterocycles. The fraction of sp³-hybridized carbons (Fsp3) is 0.556. The second kappa shape index (κ2) is 6.32. The van der Waals surface area contributed by atoms with Crippen molar-refractivity contribution in [1.82, 2.24) is 5.32 Å². The Hall–Kier alpha value is -0.790. The van der Waals surface area contributed by atoms with Crippen molar-refractivity contribution in [2.45, 2.75) is 39.5 Å². The van der Waals surface area contributed by atoms with Gasteiger partial charge in [-0.05, 0) is 48.4 Å². The highest BCUT2D eigenvalue weighted by Crippen LogP contribution is 2.36. The van der Waals surface area contributed by atoms with Gasteiger partial charge in [0.25, 0.3) is 0 Å². The molecule has 0 aromatic heterocycles. The number of rotatable bonds is 6. The highest BCUT2D eigenvalue weighted by Gasteiger charge is 2.26. The third-order valence-corrected chi connectivity index (χ3v) is 4.39. The summed E-state index contributed by atoms with van der Waals surface area (Å²) in [6.07, 6.45) is 2.78. The van der Waals surface area contributed by atoms with Crippen LogP contribution in [-0.2, 0) is 0 Å². The van der Waals surface area contributed by atoms with Gasteiger partial charge in [-0.2, -0.15) is 0 Å². The van der Waals surface area contributed by atoms with Crippen LogP contribution in [0.4, 0.5) is 0 Å². The van der Waals surface area contributed by atoms with Gasteiger partial charge >= 0.3 is 0 Å². The molecule has 110 valence electrons. The Balaban J connectivity index is 2.09. The van der Waals surface area contributed by atoms with Crippen molar-refractivity contribution in [3.8, 4) is 0 Å². The fourth-order valence-electron chi connectivity index (χ4n) is 2.41. The lowest BCUT2D eigenvalue weighted by atomic mass is 9.77. The monoisotopic (exact) mass is 291 g/mol. The summed E-state index contributed by atoms with van der Waals surface area (Å²) in [6, 6.07) is 8.20. The number of nitrogens with one attached hydrogen (secondary N) is 1. The maximum Gasteiger partial charge on any atom is 0.0406 e. The van der Waals surface area contributed by atoms with Crippen LogP contribution in [0.5, 0.6) is 0 Å². The van der Waals surface area contributed by atoms with Crippen molar-refractivity contribution in [2.24, 2.45) is 11.3 Å². The molecule has 1 aromatic carbocycles. The first-order chi connectivity index (χ1) is 9.38. The molecule has 1 N–H and O–H groups in total. The molecule has 20 heavy (non-hydrogen) atoms. The van der Waals surface area contributed by atoms with E-state index in [-0.39, 0.29) is 5.41 Å². The zero-order valence-electron chi connectivity index (χ0n) is 12.9. The van der Waals surface area contributed by atoms with Crippen LogP contribution in [0.2, 0.25) is 5.02 Å². The lowest BCUT2D eigenvalue weighted by Crippen LogP contribution is -2.28. The minimum absolute atomic E-state index is 0.117. The van der Waals surface area contributed by atoms with E-state index in [1.165, 1.54) is 24.0 Å². The topological polar surface area (TPSA) is 12.0 Å². The number of benzene rings is 1. The average molecular weight is 292 g/mol. The summed E-state index contributed by atoms with van der Waals surface area (Å²) in [6.45, 7) is 13.2. The highest BCUT2D eigenvalue weighted by atomic mass is 35.5. The second-order valence-electron chi connectivity index (χ2n) is 6.98. The Bertz CT molecular complexity index is 451. The lowest BCUT2D eigenvalue weighted by molar-refractivity contribution is 0.451. The van der Waals surface area contributed by atoms with Crippen LogP contribution in [0.3, 0.4) is 0 Å². The van der Waals surface area contributed by atoms with Crippen molar-refractivity contribution in [1.29, 1.82) is 0 Å². The standard InChI is InChI=1S/C18H26ClN/c1-13(18(2,3)4)17(12-20-11-14-5-6-14)15-7-9-16(19)10-8-15/h7-10,14,17,20H,1,5-6,11-12H2,2-4H3. The van der Waals surface area contributed by atoms with Crippen molar-refractivity contribution in [3.05, 3.63) is 47.0 Å². The molecule has 1 fully saturated rings. The van der Waals surface area contributed by atoms with E-state index in [1.807, 2.05) is 12.1 Å². The third-order valence-electron chi connectivity index (χ3n) is 4.13. The number of halogens is 1. The first kappa shape index (κ1) is 15.6. The van der Waals surface area contributed by atoms with Crippen LogP contribution in [0, 0.1) is 11.3 Å². The maximum atomic E-state index is 6.00. The molecule has 1 aliphatic rings. The van der Waals surface area contributed by atoms with Crippen LogP contribution >= 0.6 is 11.6 Å². The molecule has 0 heterocycles. The molecule has 0 spiro atoms. The van der Waals surface area contributed by atoms with E-state index in [2.05, 4.69) is 44.8 Å². The molecular formula is C18H26ClN. The van der Waals surface area contributed by atoms with Gasteiger partial charge in [0.15, 0.2) is 0 Å². The van der Waals surface area contributed by atoms with E-state index in [0.717, 1.165) is 24.0 Å². The molecule has 1 nitrogen and oxygen atoms in total. The van der Waals surface area contributed by atoms with Gasteiger partial charge in [-0.3, -0.25) is 0 Å². The van der Waals surface area contributed by atoms with E-state index in [4.69, 9.17) is 11.6 Å². The molecule has 0 amide bonds. The minimum Gasteiger partial charge on any atom is -0.316 e. The first-order valence-electron chi connectivity index (χ1n) is 7.53. The summed E-state index contributed by atoms with van der Waals surface area (Å²) in [7, 11) is 0. The average Bonchev–Trinajstić information content (AvgIpc) is 3.18. The van der Waals surface area contributed by atoms with Gasteiger partial charge in [0, 0.05) is 17.5 Å². The summed E-state index contributed by atoms with van der Waals surface area (Å²) in [4.78, 5) is 0. The molecule has 0 bridgehead atoms. The molecule has 1 aromatic rings. The summed E-state index contributed by atoms with van der Waals surface area (Å²) in [5.74, 6) is 1.26. The van der Waals surface area contributed by atoms with E-state index < -0.39 is 0 Å². The molecule has 1 atom stereocenters. The molecule has 1 aliphatic carbocycles. The SMILES string of the molecule is C=C(C(CNCC1CC1)c1ccc(Cl)cc1)C(C)(C)C. The van der Waals surface area contributed by atoms with E-state index in [1.54, 1.807) is 0 Å². The smallest absolute Gasteiger partial charge is 0.0406 e. The Labute approximate surface area is 128 Å². The van der Waals surface area contributed by atoms with Crippen molar-refractivity contribution < 1.29 is 0 Å². The van der Waals surface area contributed by atoms with Crippen LogP contribution in [0.1, 0.15) is 45.1 Å². The molecule has 2 heteroatoms. The Kier molecular flexibility index (Phi) is 4.93. The van der Waals surface area contributed by atoms with E-state index >= 15 is 0 Å². The largest absolute Gasteiger partial charge is 0.316 e. The summed E-state index contributed by atoms with van der Waals surface area (Å²) in [5.41, 5.74) is 2.70. The third kappa shape index (κ3) is 4.36. The molecule has 0 radical (unpaired) electrons. The quantitative estimate of drug-likeness (QED) is 0.725. The summed E-state index contributed by atoms with van der Waals surface area (Å²) < 4.78 is 0. The number of hydrogen-bond donors (Lipinski definition) is 1. The van der Waals surface area contributed by atoms with Crippen molar-refractivity contribution in [2.75, 3.05) is 13.1 Å². The fourth-order valence-corrected chi connectivity index (χ4v) is 2.54. The molecule has 1 saturated carbocycles. The van der Waals surface area contributed by atoms with Crippen LogP contribution in [0.15, 0.2) is 36.4 Å². The van der Waals surface area contributed by atoms with Crippen molar-refractivity contribution >= 4 is 11.6 Å². The molecule has 2 rings (SSSR count). The first-order valence-corrected chi connectivity index (χ1v) is 7.91. The van der Waals surface area contributed by atoms with Gasteiger partial charge < -0.3 is 5.32 Å². The summed E-state index contributed by atoms with van der Waals surface area (Å²) >= 11 is 6.00.